The van der Waals surface area contributed by atoms with E-state index >= 15 is 0 Å². The van der Waals surface area contributed by atoms with Crippen molar-refractivity contribution in [3.8, 4) is 56.4 Å². The number of fused-ring (bicyclic) bond motifs is 6. The Morgan fingerprint density at radius 3 is 1.59 bits per heavy atom. The van der Waals surface area contributed by atoms with Crippen molar-refractivity contribution >= 4 is 43.5 Å². The van der Waals surface area contributed by atoms with Gasteiger partial charge >= 0.3 is 0 Å². The summed E-state index contributed by atoms with van der Waals surface area (Å²) in [6, 6.07) is 61.0. The molecule has 238 valence electrons. The Morgan fingerprint density at radius 2 is 0.843 bits per heavy atom. The number of hydrogen-bond acceptors (Lipinski definition) is 4. The molecule has 0 bridgehead atoms. The van der Waals surface area contributed by atoms with Crippen molar-refractivity contribution in [3.63, 3.8) is 0 Å². The normalized spacial score (nSPS) is 11.5. The molecular formula is C47H29N3O. The average molecular weight is 652 g/mol. The lowest BCUT2D eigenvalue weighted by atomic mass is 9.92. The smallest absolute Gasteiger partial charge is 0.164 e. The van der Waals surface area contributed by atoms with Crippen LogP contribution in [0.2, 0.25) is 0 Å². The first-order chi connectivity index (χ1) is 25.3. The Morgan fingerprint density at radius 1 is 0.314 bits per heavy atom. The van der Waals surface area contributed by atoms with Gasteiger partial charge in [0, 0.05) is 32.8 Å². The first kappa shape index (κ1) is 29.0. The molecule has 2 heterocycles. The van der Waals surface area contributed by atoms with Crippen LogP contribution >= 0.6 is 0 Å². The molecular weight excluding hydrogens is 623 g/mol. The molecule has 0 spiro atoms. The van der Waals surface area contributed by atoms with E-state index in [0.29, 0.717) is 17.5 Å². The van der Waals surface area contributed by atoms with E-state index in [1.54, 1.807) is 0 Å². The maximum Gasteiger partial charge on any atom is 0.164 e. The van der Waals surface area contributed by atoms with Crippen LogP contribution in [0.15, 0.2) is 180 Å². The fourth-order valence-corrected chi connectivity index (χ4v) is 7.21. The Bertz CT molecular complexity index is 2890. The standard InChI is InChI=1S/C47H29N3O/c1-3-12-30(13-4-1)31-22-24-34(25-23-31)46-48-45(33-15-5-2-6-16-33)49-47(50-46)35-26-27-39-42-29-41(37-21-11-17-32-14-7-8-18-36(32)37)38-19-9-10-20-40(38)44(42)51-43(39)28-35/h1-29H. The summed E-state index contributed by atoms with van der Waals surface area (Å²) < 4.78 is 6.72. The molecule has 0 amide bonds. The molecule has 0 fully saturated rings. The fraction of sp³-hybridized carbons (Fsp3) is 0. The third kappa shape index (κ3) is 5.04. The van der Waals surface area contributed by atoms with Gasteiger partial charge in [-0.3, -0.25) is 0 Å². The third-order valence-corrected chi connectivity index (χ3v) is 9.73. The Hall–Kier alpha value is -6.91. The molecule has 51 heavy (non-hydrogen) atoms. The van der Waals surface area contributed by atoms with E-state index in [9.17, 15) is 0 Å². The summed E-state index contributed by atoms with van der Waals surface area (Å²) >= 11 is 0. The highest BCUT2D eigenvalue weighted by Crippen LogP contribution is 2.42. The van der Waals surface area contributed by atoms with Crippen molar-refractivity contribution in [1.29, 1.82) is 0 Å². The Balaban J connectivity index is 1.13. The summed E-state index contributed by atoms with van der Waals surface area (Å²) in [6.45, 7) is 0. The lowest BCUT2D eigenvalue weighted by Gasteiger charge is -2.11. The lowest BCUT2D eigenvalue weighted by molar-refractivity contribution is 0.673. The van der Waals surface area contributed by atoms with Crippen molar-refractivity contribution in [3.05, 3.63) is 176 Å². The van der Waals surface area contributed by atoms with Gasteiger partial charge in [-0.1, -0.05) is 158 Å². The molecule has 0 saturated carbocycles. The van der Waals surface area contributed by atoms with Crippen LogP contribution in [0.3, 0.4) is 0 Å². The molecule has 0 radical (unpaired) electrons. The van der Waals surface area contributed by atoms with Gasteiger partial charge in [0.05, 0.1) is 0 Å². The molecule has 0 saturated heterocycles. The zero-order valence-corrected chi connectivity index (χ0v) is 27.5. The molecule has 0 unspecified atom stereocenters. The van der Waals surface area contributed by atoms with Crippen LogP contribution < -0.4 is 0 Å². The number of rotatable bonds is 5. The van der Waals surface area contributed by atoms with Crippen LogP contribution in [0.5, 0.6) is 0 Å². The molecule has 8 aromatic carbocycles. The zero-order chi connectivity index (χ0) is 33.7. The minimum atomic E-state index is 0.592. The molecule has 4 heteroatoms. The van der Waals surface area contributed by atoms with Gasteiger partial charge in [0.25, 0.3) is 0 Å². The second kappa shape index (κ2) is 11.9. The van der Waals surface area contributed by atoms with Gasteiger partial charge in [-0.15, -0.1) is 0 Å². The maximum atomic E-state index is 6.72. The summed E-state index contributed by atoms with van der Waals surface area (Å²) in [7, 11) is 0. The summed E-state index contributed by atoms with van der Waals surface area (Å²) in [5, 5.41) is 6.83. The molecule has 2 aromatic heterocycles. The molecule has 0 aliphatic carbocycles. The van der Waals surface area contributed by atoms with Gasteiger partial charge in [-0.25, -0.2) is 15.0 Å². The van der Waals surface area contributed by atoms with E-state index in [1.165, 1.54) is 27.5 Å². The van der Waals surface area contributed by atoms with Gasteiger partial charge in [0.2, 0.25) is 0 Å². The number of furan rings is 1. The van der Waals surface area contributed by atoms with E-state index < -0.39 is 0 Å². The van der Waals surface area contributed by atoms with Crippen molar-refractivity contribution in [2.24, 2.45) is 0 Å². The topological polar surface area (TPSA) is 51.8 Å². The van der Waals surface area contributed by atoms with E-state index in [4.69, 9.17) is 19.4 Å². The van der Waals surface area contributed by atoms with Crippen molar-refractivity contribution < 1.29 is 4.42 Å². The molecule has 0 aliphatic rings. The van der Waals surface area contributed by atoms with Crippen LogP contribution in [0.25, 0.3) is 99.9 Å². The van der Waals surface area contributed by atoms with Gasteiger partial charge in [-0.05, 0) is 56.6 Å². The molecule has 0 aliphatic heterocycles. The van der Waals surface area contributed by atoms with Crippen LogP contribution in [-0.4, -0.2) is 15.0 Å². The van der Waals surface area contributed by atoms with E-state index in [2.05, 4.69) is 140 Å². The molecule has 0 atom stereocenters. The maximum absolute atomic E-state index is 6.72. The van der Waals surface area contributed by atoms with Gasteiger partial charge < -0.3 is 4.42 Å². The van der Waals surface area contributed by atoms with Gasteiger partial charge in [-0.2, -0.15) is 0 Å². The molecule has 0 N–H and O–H groups in total. The van der Waals surface area contributed by atoms with Crippen molar-refractivity contribution in [2.75, 3.05) is 0 Å². The minimum Gasteiger partial charge on any atom is -0.455 e. The number of nitrogens with zero attached hydrogens (tertiary/aromatic N) is 3. The van der Waals surface area contributed by atoms with Crippen LogP contribution in [0, 0.1) is 0 Å². The monoisotopic (exact) mass is 651 g/mol. The fourth-order valence-electron chi connectivity index (χ4n) is 7.21. The Labute approximate surface area is 294 Å². The van der Waals surface area contributed by atoms with Crippen molar-refractivity contribution in [2.45, 2.75) is 0 Å². The van der Waals surface area contributed by atoms with E-state index in [-0.39, 0.29) is 0 Å². The molecule has 4 nitrogen and oxygen atoms in total. The number of benzene rings is 8. The SMILES string of the molecule is c1ccc(-c2ccc(-c3nc(-c4ccccc4)nc(-c4ccc5c(c4)oc4c6ccccc6c(-c6cccc7ccccc67)cc54)n3)cc2)cc1. The quantitative estimate of drug-likeness (QED) is 0.186. The van der Waals surface area contributed by atoms with Crippen LogP contribution in [0.4, 0.5) is 0 Å². The highest BCUT2D eigenvalue weighted by molar-refractivity contribution is 6.20. The predicted molar refractivity (Wildman–Crippen MR) is 209 cm³/mol. The first-order valence-corrected chi connectivity index (χ1v) is 17.1. The summed E-state index contributed by atoms with van der Waals surface area (Å²) in [6.07, 6.45) is 0. The lowest BCUT2D eigenvalue weighted by Crippen LogP contribution is -2.00. The van der Waals surface area contributed by atoms with Crippen LogP contribution in [-0.2, 0) is 0 Å². The highest BCUT2D eigenvalue weighted by atomic mass is 16.3. The summed E-state index contributed by atoms with van der Waals surface area (Å²) in [5.41, 5.74) is 9.09. The van der Waals surface area contributed by atoms with E-state index in [0.717, 1.165) is 55.0 Å². The largest absolute Gasteiger partial charge is 0.455 e. The van der Waals surface area contributed by atoms with Gasteiger partial charge in [0.15, 0.2) is 17.5 Å². The first-order valence-electron chi connectivity index (χ1n) is 17.1. The second-order valence-corrected chi connectivity index (χ2v) is 12.8. The summed E-state index contributed by atoms with van der Waals surface area (Å²) in [4.78, 5) is 15.0. The van der Waals surface area contributed by atoms with Gasteiger partial charge in [0.1, 0.15) is 11.2 Å². The van der Waals surface area contributed by atoms with Crippen LogP contribution in [0.1, 0.15) is 0 Å². The summed E-state index contributed by atoms with van der Waals surface area (Å²) in [5.74, 6) is 1.83. The molecule has 10 rings (SSSR count). The zero-order valence-electron chi connectivity index (χ0n) is 27.5. The minimum absolute atomic E-state index is 0.592. The average Bonchev–Trinajstić information content (AvgIpc) is 3.59. The number of hydrogen-bond donors (Lipinski definition) is 0. The Kier molecular flexibility index (Phi) is 6.78. The molecule has 10 aromatic rings. The van der Waals surface area contributed by atoms with Crippen molar-refractivity contribution in [1.82, 2.24) is 15.0 Å². The van der Waals surface area contributed by atoms with E-state index in [1.807, 2.05) is 36.4 Å². The third-order valence-electron chi connectivity index (χ3n) is 9.73. The number of aromatic nitrogens is 3. The predicted octanol–water partition coefficient (Wildman–Crippen LogP) is 12.4. The highest BCUT2D eigenvalue weighted by Gasteiger charge is 2.18. The second-order valence-electron chi connectivity index (χ2n) is 12.8.